The summed E-state index contributed by atoms with van der Waals surface area (Å²) in [5.74, 6) is 1.07. The van der Waals surface area contributed by atoms with Crippen molar-refractivity contribution in [3.05, 3.63) is 35.9 Å². The van der Waals surface area contributed by atoms with Crippen molar-refractivity contribution in [3.63, 3.8) is 0 Å². The third kappa shape index (κ3) is 3.44. The standard InChI is InChI=1S/C16H23N3/c1-12(2)17-9-10-19(4)16-13(3)11-14-7-5-6-8-15(14)18-16/h5-8,11-12,17H,9-10H2,1-4H3. The van der Waals surface area contributed by atoms with E-state index in [0.29, 0.717) is 6.04 Å². The Hall–Kier alpha value is -1.61. The van der Waals surface area contributed by atoms with Crippen LogP contribution >= 0.6 is 0 Å². The van der Waals surface area contributed by atoms with Gasteiger partial charge in [-0.2, -0.15) is 0 Å². The molecule has 1 aromatic carbocycles. The van der Waals surface area contributed by atoms with E-state index in [4.69, 9.17) is 4.98 Å². The van der Waals surface area contributed by atoms with Gasteiger partial charge in [0.2, 0.25) is 0 Å². The Morgan fingerprint density at radius 2 is 2.00 bits per heavy atom. The Morgan fingerprint density at radius 3 is 2.74 bits per heavy atom. The molecule has 0 spiro atoms. The van der Waals surface area contributed by atoms with E-state index < -0.39 is 0 Å². The van der Waals surface area contributed by atoms with E-state index in [1.807, 2.05) is 6.07 Å². The molecular formula is C16H23N3. The van der Waals surface area contributed by atoms with Crippen molar-refractivity contribution in [2.24, 2.45) is 0 Å². The largest absolute Gasteiger partial charge is 0.358 e. The smallest absolute Gasteiger partial charge is 0.131 e. The lowest BCUT2D eigenvalue weighted by atomic mass is 10.1. The summed E-state index contributed by atoms with van der Waals surface area (Å²) in [6, 6.07) is 11.0. The van der Waals surface area contributed by atoms with Crippen molar-refractivity contribution in [2.45, 2.75) is 26.8 Å². The molecule has 0 unspecified atom stereocenters. The Bertz CT molecular complexity index is 549. The fraction of sp³-hybridized carbons (Fsp3) is 0.438. The monoisotopic (exact) mass is 257 g/mol. The summed E-state index contributed by atoms with van der Waals surface area (Å²) in [6.45, 7) is 8.40. The molecule has 2 rings (SSSR count). The first-order valence-corrected chi connectivity index (χ1v) is 6.89. The molecule has 3 nitrogen and oxygen atoms in total. The molecule has 0 aliphatic carbocycles. The minimum atomic E-state index is 0.527. The SMILES string of the molecule is Cc1cc2ccccc2nc1N(C)CCNC(C)C. The van der Waals surface area contributed by atoms with Gasteiger partial charge in [0.25, 0.3) is 0 Å². The fourth-order valence-corrected chi connectivity index (χ4v) is 2.22. The number of hydrogen-bond acceptors (Lipinski definition) is 3. The van der Waals surface area contributed by atoms with Gasteiger partial charge in [-0.05, 0) is 24.6 Å². The van der Waals surface area contributed by atoms with E-state index in [0.717, 1.165) is 24.4 Å². The lowest BCUT2D eigenvalue weighted by Crippen LogP contribution is -2.33. The van der Waals surface area contributed by atoms with Crippen LogP contribution in [0.4, 0.5) is 5.82 Å². The first kappa shape index (κ1) is 13.8. The van der Waals surface area contributed by atoms with Crippen LogP contribution in [0.15, 0.2) is 30.3 Å². The normalized spacial score (nSPS) is 11.2. The summed E-state index contributed by atoms with van der Waals surface area (Å²) < 4.78 is 0. The summed E-state index contributed by atoms with van der Waals surface area (Å²) in [7, 11) is 2.10. The number of pyridine rings is 1. The van der Waals surface area contributed by atoms with Crippen LogP contribution in [0, 0.1) is 6.92 Å². The quantitative estimate of drug-likeness (QED) is 0.892. The molecule has 0 fully saturated rings. The number of hydrogen-bond donors (Lipinski definition) is 1. The average molecular weight is 257 g/mol. The van der Waals surface area contributed by atoms with Crippen LogP contribution in [0.5, 0.6) is 0 Å². The Morgan fingerprint density at radius 1 is 1.26 bits per heavy atom. The van der Waals surface area contributed by atoms with E-state index >= 15 is 0 Å². The second kappa shape index (κ2) is 6.02. The van der Waals surface area contributed by atoms with Gasteiger partial charge in [0.1, 0.15) is 5.82 Å². The zero-order valence-electron chi connectivity index (χ0n) is 12.3. The van der Waals surface area contributed by atoms with Crippen molar-refractivity contribution < 1.29 is 0 Å². The van der Waals surface area contributed by atoms with Gasteiger partial charge in [-0.15, -0.1) is 0 Å². The molecule has 0 aliphatic rings. The summed E-state index contributed by atoms with van der Waals surface area (Å²) >= 11 is 0. The highest BCUT2D eigenvalue weighted by atomic mass is 15.2. The summed E-state index contributed by atoms with van der Waals surface area (Å²) in [5, 5.41) is 4.64. The second-order valence-corrected chi connectivity index (χ2v) is 5.35. The Kier molecular flexibility index (Phi) is 4.38. The number of para-hydroxylation sites is 1. The topological polar surface area (TPSA) is 28.2 Å². The third-order valence-corrected chi connectivity index (χ3v) is 3.25. The summed E-state index contributed by atoms with van der Waals surface area (Å²) in [5.41, 5.74) is 2.29. The molecule has 0 atom stereocenters. The molecule has 0 saturated carbocycles. The highest BCUT2D eigenvalue weighted by Crippen LogP contribution is 2.21. The Balaban J connectivity index is 2.16. The maximum Gasteiger partial charge on any atom is 0.131 e. The Labute approximate surface area is 115 Å². The lowest BCUT2D eigenvalue weighted by molar-refractivity contribution is 0.588. The zero-order chi connectivity index (χ0) is 13.8. The third-order valence-electron chi connectivity index (χ3n) is 3.25. The number of benzene rings is 1. The molecular weight excluding hydrogens is 234 g/mol. The van der Waals surface area contributed by atoms with Gasteiger partial charge in [-0.3, -0.25) is 0 Å². The van der Waals surface area contributed by atoms with Crippen molar-refractivity contribution in [2.75, 3.05) is 25.0 Å². The predicted octanol–water partition coefficient (Wildman–Crippen LogP) is 2.98. The zero-order valence-corrected chi connectivity index (χ0v) is 12.3. The van der Waals surface area contributed by atoms with Crippen molar-refractivity contribution in [1.29, 1.82) is 0 Å². The van der Waals surface area contributed by atoms with Gasteiger partial charge in [-0.25, -0.2) is 4.98 Å². The first-order chi connectivity index (χ1) is 9.08. The van der Waals surface area contributed by atoms with Gasteiger partial charge in [0.15, 0.2) is 0 Å². The highest BCUT2D eigenvalue weighted by molar-refractivity contribution is 5.81. The highest BCUT2D eigenvalue weighted by Gasteiger charge is 2.08. The number of aryl methyl sites for hydroxylation is 1. The van der Waals surface area contributed by atoms with Crippen LogP contribution in [-0.4, -0.2) is 31.2 Å². The molecule has 0 amide bonds. The first-order valence-electron chi connectivity index (χ1n) is 6.89. The number of nitrogens with one attached hydrogen (secondary N) is 1. The molecule has 3 heteroatoms. The van der Waals surface area contributed by atoms with Crippen LogP contribution in [-0.2, 0) is 0 Å². The van der Waals surface area contributed by atoms with E-state index in [9.17, 15) is 0 Å². The molecule has 1 aromatic heterocycles. The summed E-state index contributed by atoms with van der Waals surface area (Å²) in [6.07, 6.45) is 0. The van der Waals surface area contributed by atoms with Gasteiger partial charge in [0, 0.05) is 31.6 Å². The van der Waals surface area contributed by atoms with Crippen molar-refractivity contribution >= 4 is 16.7 Å². The fourth-order valence-electron chi connectivity index (χ4n) is 2.22. The average Bonchev–Trinajstić information content (AvgIpc) is 2.37. The van der Waals surface area contributed by atoms with E-state index in [1.165, 1.54) is 10.9 Å². The molecule has 0 aliphatic heterocycles. The van der Waals surface area contributed by atoms with E-state index in [-0.39, 0.29) is 0 Å². The molecule has 19 heavy (non-hydrogen) atoms. The molecule has 2 aromatic rings. The number of likely N-dealkylation sites (N-methyl/N-ethyl adjacent to an activating group) is 1. The second-order valence-electron chi connectivity index (χ2n) is 5.35. The molecule has 1 N–H and O–H groups in total. The lowest BCUT2D eigenvalue weighted by Gasteiger charge is -2.21. The predicted molar refractivity (Wildman–Crippen MR) is 82.9 cm³/mol. The number of nitrogens with zero attached hydrogens (tertiary/aromatic N) is 2. The van der Waals surface area contributed by atoms with Crippen LogP contribution in [0.25, 0.3) is 10.9 Å². The van der Waals surface area contributed by atoms with Gasteiger partial charge in [-0.1, -0.05) is 32.0 Å². The molecule has 0 bridgehead atoms. The van der Waals surface area contributed by atoms with Gasteiger partial charge in [0.05, 0.1) is 5.52 Å². The molecule has 102 valence electrons. The van der Waals surface area contributed by atoms with Crippen molar-refractivity contribution in [1.82, 2.24) is 10.3 Å². The van der Waals surface area contributed by atoms with Gasteiger partial charge < -0.3 is 10.2 Å². The van der Waals surface area contributed by atoms with E-state index in [2.05, 4.69) is 62.3 Å². The number of rotatable bonds is 5. The maximum absolute atomic E-state index is 4.77. The van der Waals surface area contributed by atoms with Crippen LogP contribution < -0.4 is 10.2 Å². The van der Waals surface area contributed by atoms with Crippen molar-refractivity contribution in [3.8, 4) is 0 Å². The molecule has 1 heterocycles. The number of fused-ring (bicyclic) bond motifs is 1. The maximum atomic E-state index is 4.77. The van der Waals surface area contributed by atoms with E-state index in [1.54, 1.807) is 0 Å². The molecule has 0 radical (unpaired) electrons. The van der Waals surface area contributed by atoms with Gasteiger partial charge >= 0.3 is 0 Å². The van der Waals surface area contributed by atoms with Crippen LogP contribution in [0.2, 0.25) is 0 Å². The van der Waals surface area contributed by atoms with Crippen LogP contribution in [0.1, 0.15) is 19.4 Å². The number of aromatic nitrogens is 1. The minimum Gasteiger partial charge on any atom is -0.358 e. The summed E-state index contributed by atoms with van der Waals surface area (Å²) in [4.78, 5) is 6.99. The minimum absolute atomic E-state index is 0.527. The van der Waals surface area contributed by atoms with Crippen LogP contribution in [0.3, 0.4) is 0 Å². The molecule has 0 saturated heterocycles. The number of anilines is 1.